The van der Waals surface area contributed by atoms with Gasteiger partial charge < -0.3 is 9.84 Å². The first-order valence-corrected chi connectivity index (χ1v) is 6.85. The van der Waals surface area contributed by atoms with E-state index in [4.69, 9.17) is 4.52 Å². The van der Waals surface area contributed by atoms with Gasteiger partial charge in [-0.05, 0) is 12.5 Å². The Morgan fingerprint density at radius 2 is 2.00 bits per heavy atom. The van der Waals surface area contributed by atoms with Crippen molar-refractivity contribution in [3.63, 3.8) is 0 Å². The number of aryl methyl sites for hydroxylation is 1. The highest BCUT2D eigenvalue weighted by Gasteiger charge is 2.03. The van der Waals surface area contributed by atoms with Gasteiger partial charge in [-0.3, -0.25) is 4.68 Å². The van der Waals surface area contributed by atoms with E-state index in [0.717, 1.165) is 18.7 Å². The SMILES string of the molecule is Cc1noc(CNCc2cnn(Cc3ccccc3)c2)n1. The summed E-state index contributed by atoms with van der Waals surface area (Å²) >= 11 is 0. The van der Waals surface area contributed by atoms with E-state index in [-0.39, 0.29) is 0 Å². The lowest BCUT2D eigenvalue weighted by Crippen LogP contribution is -2.12. The highest BCUT2D eigenvalue weighted by molar-refractivity contribution is 5.15. The van der Waals surface area contributed by atoms with Gasteiger partial charge in [-0.15, -0.1) is 0 Å². The quantitative estimate of drug-likeness (QED) is 0.748. The summed E-state index contributed by atoms with van der Waals surface area (Å²) in [4.78, 5) is 4.14. The van der Waals surface area contributed by atoms with Crippen LogP contribution in [0.3, 0.4) is 0 Å². The molecule has 1 N–H and O–H groups in total. The lowest BCUT2D eigenvalue weighted by atomic mass is 10.2. The highest BCUT2D eigenvalue weighted by atomic mass is 16.5. The molecule has 108 valence electrons. The van der Waals surface area contributed by atoms with Crippen molar-refractivity contribution in [1.29, 1.82) is 0 Å². The molecule has 2 heterocycles. The number of hydrogen-bond acceptors (Lipinski definition) is 5. The zero-order valence-corrected chi connectivity index (χ0v) is 11.9. The molecular formula is C15H17N5O. The first kappa shape index (κ1) is 13.5. The van der Waals surface area contributed by atoms with Gasteiger partial charge in [0.1, 0.15) is 0 Å². The molecule has 0 fully saturated rings. The van der Waals surface area contributed by atoms with Gasteiger partial charge in [-0.2, -0.15) is 10.1 Å². The Morgan fingerprint density at radius 3 is 2.76 bits per heavy atom. The minimum absolute atomic E-state index is 0.560. The van der Waals surface area contributed by atoms with Crippen molar-refractivity contribution in [3.05, 3.63) is 65.6 Å². The van der Waals surface area contributed by atoms with Crippen LogP contribution in [0.5, 0.6) is 0 Å². The lowest BCUT2D eigenvalue weighted by molar-refractivity contribution is 0.364. The molecule has 0 atom stereocenters. The predicted molar refractivity (Wildman–Crippen MR) is 77.3 cm³/mol. The third-order valence-corrected chi connectivity index (χ3v) is 3.05. The van der Waals surface area contributed by atoms with Crippen molar-refractivity contribution in [1.82, 2.24) is 25.2 Å². The molecule has 0 saturated carbocycles. The van der Waals surface area contributed by atoms with Gasteiger partial charge in [-0.1, -0.05) is 35.5 Å². The second-order valence-corrected chi connectivity index (χ2v) is 4.87. The molecule has 0 aliphatic heterocycles. The zero-order chi connectivity index (χ0) is 14.5. The number of rotatable bonds is 6. The van der Waals surface area contributed by atoms with Crippen molar-refractivity contribution in [2.24, 2.45) is 0 Å². The Labute approximate surface area is 122 Å². The minimum atomic E-state index is 0.560. The first-order valence-electron chi connectivity index (χ1n) is 6.85. The van der Waals surface area contributed by atoms with Crippen molar-refractivity contribution in [2.45, 2.75) is 26.6 Å². The van der Waals surface area contributed by atoms with Gasteiger partial charge in [0.05, 0.1) is 19.3 Å². The molecule has 0 spiro atoms. The molecule has 0 unspecified atom stereocenters. The fraction of sp³-hybridized carbons (Fsp3) is 0.267. The molecule has 21 heavy (non-hydrogen) atoms. The average molecular weight is 283 g/mol. The maximum Gasteiger partial charge on any atom is 0.240 e. The Balaban J connectivity index is 1.51. The van der Waals surface area contributed by atoms with E-state index in [9.17, 15) is 0 Å². The van der Waals surface area contributed by atoms with Gasteiger partial charge in [0.15, 0.2) is 5.82 Å². The fourth-order valence-electron chi connectivity index (χ4n) is 2.08. The Bertz CT molecular complexity index is 689. The molecule has 0 radical (unpaired) electrons. The Morgan fingerprint density at radius 1 is 1.14 bits per heavy atom. The Hall–Kier alpha value is -2.47. The van der Waals surface area contributed by atoms with Gasteiger partial charge >= 0.3 is 0 Å². The molecular weight excluding hydrogens is 266 g/mol. The summed E-state index contributed by atoms with van der Waals surface area (Å²) in [6.07, 6.45) is 3.91. The van der Waals surface area contributed by atoms with Crippen LogP contribution in [0.15, 0.2) is 47.2 Å². The Kier molecular flexibility index (Phi) is 4.07. The monoisotopic (exact) mass is 283 g/mol. The third-order valence-electron chi connectivity index (χ3n) is 3.05. The second-order valence-electron chi connectivity index (χ2n) is 4.87. The first-order chi connectivity index (χ1) is 10.3. The van der Waals surface area contributed by atoms with Crippen LogP contribution >= 0.6 is 0 Å². The maximum absolute atomic E-state index is 5.04. The normalized spacial score (nSPS) is 10.9. The van der Waals surface area contributed by atoms with Gasteiger partial charge in [0.25, 0.3) is 0 Å². The van der Waals surface area contributed by atoms with Crippen molar-refractivity contribution < 1.29 is 4.52 Å². The van der Waals surface area contributed by atoms with Crippen LogP contribution in [0, 0.1) is 6.92 Å². The fourth-order valence-corrected chi connectivity index (χ4v) is 2.08. The molecule has 6 nitrogen and oxygen atoms in total. The summed E-state index contributed by atoms with van der Waals surface area (Å²) < 4.78 is 6.98. The van der Waals surface area contributed by atoms with E-state index in [1.54, 1.807) is 6.92 Å². The molecule has 2 aromatic heterocycles. The number of nitrogens with zero attached hydrogens (tertiary/aromatic N) is 4. The lowest BCUT2D eigenvalue weighted by Gasteiger charge is -2.01. The number of hydrogen-bond donors (Lipinski definition) is 1. The van der Waals surface area contributed by atoms with E-state index in [1.807, 2.05) is 35.3 Å². The highest BCUT2D eigenvalue weighted by Crippen LogP contribution is 2.04. The molecule has 0 saturated heterocycles. The maximum atomic E-state index is 5.04. The molecule has 0 aliphatic carbocycles. The van der Waals surface area contributed by atoms with Crippen molar-refractivity contribution in [3.8, 4) is 0 Å². The largest absolute Gasteiger partial charge is 0.338 e. The van der Waals surface area contributed by atoms with Crippen LogP contribution in [0.4, 0.5) is 0 Å². The van der Waals surface area contributed by atoms with E-state index >= 15 is 0 Å². The predicted octanol–water partition coefficient (Wildman–Crippen LogP) is 1.91. The molecule has 0 bridgehead atoms. The van der Waals surface area contributed by atoms with Gasteiger partial charge in [-0.25, -0.2) is 0 Å². The van der Waals surface area contributed by atoms with E-state index in [2.05, 4.69) is 32.7 Å². The zero-order valence-electron chi connectivity index (χ0n) is 11.9. The standard InChI is InChI=1S/C15H17N5O/c1-12-18-15(21-19-12)9-16-7-14-8-17-20(11-14)10-13-5-3-2-4-6-13/h2-6,8,11,16H,7,9-10H2,1H3. The van der Waals surface area contributed by atoms with Crippen LogP contribution in [0.25, 0.3) is 0 Å². The van der Waals surface area contributed by atoms with Crippen molar-refractivity contribution in [2.75, 3.05) is 0 Å². The van der Waals surface area contributed by atoms with Crippen LogP contribution in [0.1, 0.15) is 22.8 Å². The minimum Gasteiger partial charge on any atom is -0.338 e. The summed E-state index contributed by atoms with van der Waals surface area (Å²) in [5.74, 6) is 1.26. The van der Waals surface area contributed by atoms with Crippen molar-refractivity contribution >= 4 is 0 Å². The van der Waals surface area contributed by atoms with Crippen LogP contribution < -0.4 is 5.32 Å². The van der Waals surface area contributed by atoms with Crippen LogP contribution in [-0.4, -0.2) is 19.9 Å². The molecule has 0 amide bonds. The third kappa shape index (κ3) is 3.76. The van der Waals surface area contributed by atoms with E-state index < -0.39 is 0 Å². The molecule has 3 rings (SSSR count). The molecule has 6 heteroatoms. The van der Waals surface area contributed by atoms with E-state index in [0.29, 0.717) is 18.3 Å². The topological polar surface area (TPSA) is 68.8 Å². The van der Waals surface area contributed by atoms with Crippen LogP contribution in [0.2, 0.25) is 0 Å². The van der Waals surface area contributed by atoms with Gasteiger partial charge in [0, 0.05) is 18.3 Å². The van der Waals surface area contributed by atoms with Gasteiger partial charge in [0.2, 0.25) is 5.89 Å². The number of benzene rings is 1. The average Bonchev–Trinajstić information content (AvgIpc) is 3.10. The summed E-state index contributed by atoms with van der Waals surface area (Å²) in [6, 6.07) is 10.3. The molecule has 3 aromatic rings. The summed E-state index contributed by atoms with van der Waals surface area (Å²) in [5, 5.41) is 11.4. The summed E-state index contributed by atoms with van der Waals surface area (Å²) in [7, 11) is 0. The summed E-state index contributed by atoms with van der Waals surface area (Å²) in [6.45, 7) is 3.87. The molecule has 0 aliphatic rings. The number of nitrogens with one attached hydrogen (secondary N) is 1. The smallest absolute Gasteiger partial charge is 0.240 e. The van der Waals surface area contributed by atoms with Crippen LogP contribution in [-0.2, 0) is 19.6 Å². The molecule has 1 aromatic carbocycles. The second kappa shape index (κ2) is 6.32. The number of aromatic nitrogens is 4. The van der Waals surface area contributed by atoms with E-state index in [1.165, 1.54) is 5.56 Å². The summed E-state index contributed by atoms with van der Waals surface area (Å²) in [5.41, 5.74) is 2.36.